The van der Waals surface area contributed by atoms with Crippen molar-refractivity contribution in [2.45, 2.75) is 0 Å². The molecule has 0 bridgehead atoms. The normalized spacial score (nSPS) is 9.00. The first-order chi connectivity index (χ1) is 6.24. The summed E-state index contributed by atoms with van der Waals surface area (Å²) in [6.45, 7) is 3.82. The van der Waals surface area contributed by atoms with Gasteiger partial charge in [-0.3, -0.25) is 0 Å². The van der Waals surface area contributed by atoms with Crippen molar-refractivity contribution in [3.63, 3.8) is 0 Å². The Balaban J connectivity index is 2.82. The molecule has 3 heteroatoms. The standard InChI is InChI=1S/C10H8FNO/c1-8(6-12-7-13)9-3-2-4-10(11)5-9/h2-5H,1,6H2. The number of hydrogen-bond donors (Lipinski definition) is 0. The third-order valence-electron chi connectivity index (χ3n) is 1.57. The second kappa shape index (κ2) is 4.33. The van der Waals surface area contributed by atoms with E-state index in [9.17, 15) is 9.18 Å². The Bertz CT molecular complexity index is 367. The van der Waals surface area contributed by atoms with Gasteiger partial charge in [0.15, 0.2) is 0 Å². The van der Waals surface area contributed by atoms with Crippen LogP contribution in [-0.2, 0) is 4.79 Å². The van der Waals surface area contributed by atoms with Crippen LogP contribution in [0.1, 0.15) is 5.56 Å². The van der Waals surface area contributed by atoms with Crippen LogP contribution in [0.3, 0.4) is 0 Å². The van der Waals surface area contributed by atoms with Crippen molar-refractivity contribution in [3.8, 4) is 0 Å². The van der Waals surface area contributed by atoms with Gasteiger partial charge < -0.3 is 0 Å². The number of hydrogen-bond acceptors (Lipinski definition) is 2. The largest absolute Gasteiger partial charge is 0.235 e. The van der Waals surface area contributed by atoms with E-state index < -0.39 is 0 Å². The fraction of sp³-hybridized carbons (Fsp3) is 0.100. The Kier molecular flexibility index (Phi) is 3.12. The average Bonchev–Trinajstić information content (AvgIpc) is 2.14. The van der Waals surface area contributed by atoms with Crippen LogP contribution in [0.2, 0.25) is 0 Å². The number of benzene rings is 1. The van der Waals surface area contributed by atoms with E-state index in [1.165, 1.54) is 18.2 Å². The molecular weight excluding hydrogens is 169 g/mol. The maximum atomic E-state index is 12.7. The third-order valence-corrected chi connectivity index (χ3v) is 1.57. The molecule has 0 heterocycles. The SMILES string of the molecule is C=C(CN=C=O)c1cccc(F)c1. The van der Waals surface area contributed by atoms with E-state index in [0.29, 0.717) is 11.1 Å². The number of rotatable bonds is 3. The van der Waals surface area contributed by atoms with Gasteiger partial charge in [-0.05, 0) is 23.3 Å². The number of halogens is 1. The number of nitrogens with zero attached hydrogens (tertiary/aromatic N) is 1. The van der Waals surface area contributed by atoms with Crippen molar-refractivity contribution in [2.24, 2.45) is 4.99 Å². The summed E-state index contributed by atoms with van der Waals surface area (Å²) < 4.78 is 12.7. The highest BCUT2D eigenvalue weighted by molar-refractivity contribution is 5.65. The van der Waals surface area contributed by atoms with Gasteiger partial charge in [-0.15, -0.1) is 0 Å². The van der Waals surface area contributed by atoms with Crippen molar-refractivity contribution in [2.75, 3.05) is 6.54 Å². The Morgan fingerprint density at radius 1 is 1.62 bits per heavy atom. The maximum Gasteiger partial charge on any atom is 0.235 e. The molecule has 2 nitrogen and oxygen atoms in total. The quantitative estimate of drug-likeness (QED) is 0.514. The maximum absolute atomic E-state index is 12.7. The Hall–Kier alpha value is -1.73. The Morgan fingerprint density at radius 2 is 2.38 bits per heavy atom. The molecule has 0 atom stereocenters. The summed E-state index contributed by atoms with van der Waals surface area (Å²) in [5.41, 5.74) is 1.25. The highest BCUT2D eigenvalue weighted by Gasteiger charge is 1.98. The zero-order chi connectivity index (χ0) is 9.68. The summed E-state index contributed by atoms with van der Waals surface area (Å²) in [7, 11) is 0. The number of aliphatic imine (C=N–C) groups is 1. The molecule has 0 aromatic heterocycles. The van der Waals surface area contributed by atoms with Crippen LogP contribution >= 0.6 is 0 Å². The van der Waals surface area contributed by atoms with Gasteiger partial charge >= 0.3 is 0 Å². The molecule has 0 radical (unpaired) electrons. The summed E-state index contributed by atoms with van der Waals surface area (Å²) in [4.78, 5) is 13.2. The van der Waals surface area contributed by atoms with Crippen molar-refractivity contribution in [1.29, 1.82) is 0 Å². The van der Waals surface area contributed by atoms with Crippen LogP contribution in [0.4, 0.5) is 4.39 Å². The monoisotopic (exact) mass is 177 g/mol. The van der Waals surface area contributed by atoms with E-state index in [2.05, 4.69) is 11.6 Å². The van der Waals surface area contributed by atoms with Gasteiger partial charge in [-0.1, -0.05) is 18.7 Å². The predicted octanol–water partition coefficient (Wildman–Crippen LogP) is 2.17. The summed E-state index contributed by atoms with van der Waals surface area (Å²) in [5, 5.41) is 0. The van der Waals surface area contributed by atoms with Crippen LogP contribution in [0.25, 0.3) is 5.57 Å². The molecule has 0 saturated carbocycles. The average molecular weight is 177 g/mol. The zero-order valence-corrected chi connectivity index (χ0v) is 6.96. The molecule has 0 saturated heterocycles. The van der Waals surface area contributed by atoms with E-state index in [0.717, 1.165) is 0 Å². The molecule has 0 amide bonds. The smallest absolute Gasteiger partial charge is 0.211 e. The lowest BCUT2D eigenvalue weighted by atomic mass is 10.1. The first kappa shape index (κ1) is 9.36. The van der Waals surface area contributed by atoms with Gasteiger partial charge in [0.25, 0.3) is 0 Å². The van der Waals surface area contributed by atoms with Crippen molar-refractivity contribution < 1.29 is 9.18 Å². The van der Waals surface area contributed by atoms with E-state index in [1.807, 2.05) is 0 Å². The molecule has 0 aliphatic carbocycles. The second-order valence-electron chi connectivity index (χ2n) is 2.52. The summed E-state index contributed by atoms with van der Waals surface area (Å²) in [6, 6.07) is 5.99. The minimum atomic E-state index is -0.325. The lowest BCUT2D eigenvalue weighted by Gasteiger charge is -2.00. The van der Waals surface area contributed by atoms with Crippen LogP contribution in [0.15, 0.2) is 35.8 Å². The summed E-state index contributed by atoms with van der Waals surface area (Å²) in [6.07, 6.45) is 1.40. The molecule has 0 fully saturated rings. The van der Waals surface area contributed by atoms with Crippen molar-refractivity contribution >= 4 is 11.7 Å². The summed E-state index contributed by atoms with van der Waals surface area (Å²) in [5.74, 6) is -0.325. The molecule has 0 N–H and O–H groups in total. The van der Waals surface area contributed by atoms with Gasteiger partial charge in [0.1, 0.15) is 5.82 Å². The van der Waals surface area contributed by atoms with E-state index in [-0.39, 0.29) is 12.4 Å². The highest BCUT2D eigenvalue weighted by Crippen LogP contribution is 2.13. The fourth-order valence-electron chi connectivity index (χ4n) is 0.927. The first-order valence-electron chi connectivity index (χ1n) is 3.71. The Labute approximate surface area is 75.4 Å². The molecular formula is C10H8FNO. The van der Waals surface area contributed by atoms with Crippen LogP contribution < -0.4 is 0 Å². The molecule has 0 spiro atoms. The van der Waals surface area contributed by atoms with Gasteiger partial charge in [0, 0.05) is 0 Å². The zero-order valence-electron chi connectivity index (χ0n) is 6.96. The van der Waals surface area contributed by atoms with E-state index in [4.69, 9.17) is 0 Å². The van der Waals surface area contributed by atoms with Crippen LogP contribution in [-0.4, -0.2) is 12.6 Å². The van der Waals surface area contributed by atoms with Crippen LogP contribution in [0.5, 0.6) is 0 Å². The molecule has 66 valence electrons. The molecule has 0 aliphatic rings. The van der Waals surface area contributed by atoms with Gasteiger partial charge in [0.05, 0.1) is 6.54 Å². The third kappa shape index (κ3) is 2.65. The van der Waals surface area contributed by atoms with E-state index in [1.54, 1.807) is 12.1 Å². The highest BCUT2D eigenvalue weighted by atomic mass is 19.1. The number of carbonyl (C=O) groups excluding carboxylic acids is 1. The minimum absolute atomic E-state index is 0.160. The van der Waals surface area contributed by atoms with Crippen molar-refractivity contribution in [3.05, 3.63) is 42.2 Å². The summed E-state index contributed by atoms with van der Waals surface area (Å²) >= 11 is 0. The van der Waals surface area contributed by atoms with Gasteiger partial charge in [-0.25, -0.2) is 14.2 Å². The van der Waals surface area contributed by atoms with Crippen molar-refractivity contribution in [1.82, 2.24) is 0 Å². The Morgan fingerprint density at radius 3 is 3.00 bits per heavy atom. The molecule has 0 unspecified atom stereocenters. The molecule has 13 heavy (non-hydrogen) atoms. The predicted molar refractivity (Wildman–Crippen MR) is 48.4 cm³/mol. The second-order valence-corrected chi connectivity index (χ2v) is 2.52. The lowest BCUT2D eigenvalue weighted by Crippen LogP contribution is -1.87. The van der Waals surface area contributed by atoms with Crippen LogP contribution in [0, 0.1) is 5.82 Å². The van der Waals surface area contributed by atoms with Gasteiger partial charge in [0.2, 0.25) is 6.08 Å². The molecule has 1 rings (SSSR count). The van der Waals surface area contributed by atoms with Gasteiger partial charge in [-0.2, -0.15) is 0 Å². The first-order valence-corrected chi connectivity index (χ1v) is 3.71. The number of isocyanates is 1. The van der Waals surface area contributed by atoms with E-state index >= 15 is 0 Å². The minimum Gasteiger partial charge on any atom is -0.211 e. The lowest BCUT2D eigenvalue weighted by molar-refractivity contribution is 0.564. The molecule has 1 aromatic carbocycles. The topological polar surface area (TPSA) is 29.4 Å². The molecule has 0 aliphatic heterocycles. The molecule has 1 aromatic rings. The fourth-order valence-corrected chi connectivity index (χ4v) is 0.927.